The van der Waals surface area contributed by atoms with Crippen molar-refractivity contribution in [3.63, 3.8) is 0 Å². The fourth-order valence-electron chi connectivity index (χ4n) is 3.28. The van der Waals surface area contributed by atoms with Gasteiger partial charge in [-0.05, 0) is 30.7 Å². The van der Waals surface area contributed by atoms with Crippen molar-refractivity contribution >= 4 is 11.6 Å². The van der Waals surface area contributed by atoms with Crippen molar-refractivity contribution < 1.29 is 4.79 Å². The van der Waals surface area contributed by atoms with Crippen molar-refractivity contribution in [2.24, 2.45) is 0 Å². The number of carbonyl (C=O) groups excluding carboxylic acids is 1. The van der Waals surface area contributed by atoms with Crippen molar-refractivity contribution in [2.75, 3.05) is 19.0 Å². The molecule has 1 aliphatic heterocycles. The smallest absolute Gasteiger partial charge is 0.253 e. The molecule has 0 saturated carbocycles. The summed E-state index contributed by atoms with van der Waals surface area (Å²) in [5.41, 5.74) is 5.25. The van der Waals surface area contributed by atoms with E-state index in [-0.39, 0.29) is 5.91 Å². The summed E-state index contributed by atoms with van der Waals surface area (Å²) in [6.45, 7) is 8.07. The van der Waals surface area contributed by atoms with Crippen LogP contribution in [0.2, 0.25) is 0 Å². The Morgan fingerprint density at radius 3 is 2.81 bits per heavy atom. The van der Waals surface area contributed by atoms with Gasteiger partial charge >= 0.3 is 0 Å². The van der Waals surface area contributed by atoms with Crippen molar-refractivity contribution in [3.8, 4) is 0 Å². The molecular formula is C22H26N4O. The van der Waals surface area contributed by atoms with Gasteiger partial charge in [0.2, 0.25) is 0 Å². The maximum atomic E-state index is 12.2. The molecule has 1 aliphatic rings. The molecular weight excluding hydrogens is 336 g/mol. The van der Waals surface area contributed by atoms with E-state index >= 15 is 0 Å². The number of allylic oxidation sites excluding steroid dienone is 5. The van der Waals surface area contributed by atoms with E-state index < -0.39 is 0 Å². The van der Waals surface area contributed by atoms with Crippen molar-refractivity contribution in [2.45, 2.75) is 26.6 Å². The minimum atomic E-state index is 0.0180. The van der Waals surface area contributed by atoms with Gasteiger partial charge in [0.05, 0.1) is 18.8 Å². The van der Waals surface area contributed by atoms with Crippen LogP contribution in [0.1, 0.15) is 28.5 Å². The second-order valence-electron chi connectivity index (χ2n) is 6.88. The Balaban J connectivity index is 1.73. The molecule has 0 atom stereocenters. The number of aromatic nitrogens is 2. The van der Waals surface area contributed by atoms with Crippen LogP contribution in [0.25, 0.3) is 0 Å². The first-order valence-corrected chi connectivity index (χ1v) is 9.08. The lowest BCUT2D eigenvalue weighted by Crippen LogP contribution is -2.22. The molecule has 1 aromatic carbocycles. The van der Waals surface area contributed by atoms with Crippen LogP contribution in [0.3, 0.4) is 0 Å². The summed E-state index contributed by atoms with van der Waals surface area (Å²) < 4.78 is 1.99. The first-order valence-electron chi connectivity index (χ1n) is 9.08. The standard InChI is InChI=1S/C22H26N4O/c1-5-8-17(9-6-2)13-26-15-19-14-25(16-21(19)23-26)20-11-7-10-18(12-20)22(27)24(3)4/h5-12,15H,1,13-14,16H2,2-4H3/b9-6-,17-8+. The minimum absolute atomic E-state index is 0.0180. The highest BCUT2D eigenvalue weighted by molar-refractivity contribution is 5.94. The topological polar surface area (TPSA) is 41.4 Å². The molecule has 0 aliphatic carbocycles. The Kier molecular flexibility index (Phi) is 5.60. The van der Waals surface area contributed by atoms with E-state index in [1.807, 2.05) is 48.0 Å². The largest absolute Gasteiger partial charge is 0.361 e. The van der Waals surface area contributed by atoms with Crippen molar-refractivity contribution in [1.29, 1.82) is 0 Å². The minimum Gasteiger partial charge on any atom is -0.361 e. The molecule has 140 valence electrons. The van der Waals surface area contributed by atoms with Crippen LogP contribution >= 0.6 is 0 Å². The van der Waals surface area contributed by atoms with E-state index in [9.17, 15) is 4.79 Å². The number of benzene rings is 1. The first-order chi connectivity index (χ1) is 13.0. The molecule has 1 amide bonds. The fraction of sp³-hybridized carbons (Fsp3) is 0.273. The normalized spacial score (nSPS) is 13.9. The number of carbonyl (C=O) groups is 1. The number of hydrogen-bond acceptors (Lipinski definition) is 3. The third-order valence-electron chi connectivity index (χ3n) is 4.55. The van der Waals surface area contributed by atoms with Gasteiger partial charge in [-0.15, -0.1) is 0 Å². The highest BCUT2D eigenvalue weighted by Crippen LogP contribution is 2.28. The number of anilines is 1. The number of hydrogen-bond donors (Lipinski definition) is 0. The van der Waals surface area contributed by atoms with Gasteiger partial charge in [0.15, 0.2) is 0 Å². The molecule has 1 aromatic heterocycles. The Hall–Kier alpha value is -3.08. The molecule has 5 heteroatoms. The van der Waals surface area contributed by atoms with Gasteiger partial charge in [-0.2, -0.15) is 5.10 Å². The zero-order valence-corrected chi connectivity index (χ0v) is 16.2. The van der Waals surface area contributed by atoms with Gasteiger partial charge in [0.25, 0.3) is 5.91 Å². The van der Waals surface area contributed by atoms with Crippen molar-refractivity contribution in [3.05, 3.63) is 83.7 Å². The van der Waals surface area contributed by atoms with Crippen LogP contribution in [0.4, 0.5) is 5.69 Å². The van der Waals surface area contributed by atoms with Crippen LogP contribution in [-0.2, 0) is 19.6 Å². The average Bonchev–Trinajstić information content (AvgIpc) is 3.20. The van der Waals surface area contributed by atoms with Gasteiger partial charge in [-0.25, -0.2) is 0 Å². The lowest BCUT2D eigenvalue weighted by atomic mass is 10.1. The molecule has 0 radical (unpaired) electrons. The quantitative estimate of drug-likeness (QED) is 0.734. The molecule has 5 nitrogen and oxygen atoms in total. The van der Waals surface area contributed by atoms with Gasteiger partial charge in [0.1, 0.15) is 0 Å². The summed E-state index contributed by atoms with van der Waals surface area (Å²) in [5, 5.41) is 4.75. The number of fused-ring (bicyclic) bond motifs is 1. The molecule has 0 unspecified atom stereocenters. The van der Waals surface area contributed by atoms with E-state index in [0.717, 1.165) is 31.0 Å². The number of amides is 1. The summed E-state index contributed by atoms with van der Waals surface area (Å²) in [7, 11) is 3.54. The van der Waals surface area contributed by atoms with E-state index in [1.165, 1.54) is 11.1 Å². The van der Waals surface area contributed by atoms with E-state index in [1.54, 1.807) is 25.1 Å². The molecule has 2 aromatic rings. The average molecular weight is 362 g/mol. The molecule has 0 N–H and O–H groups in total. The Labute approximate surface area is 160 Å². The maximum absolute atomic E-state index is 12.2. The first kappa shape index (κ1) is 18.7. The fourth-order valence-corrected chi connectivity index (χ4v) is 3.28. The van der Waals surface area contributed by atoms with Gasteiger partial charge < -0.3 is 9.80 Å². The van der Waals surface area contributed by atoms with Crippen LogP contribution in [0.15, 0.2) is 66.9 Å². The lowest BCUT2D eigenvalue weighted by Gasteiger charge is -2.19. The van der Waals surface area contributed by atoms with Crippen LogP contribution in [0, 0.1) is 0 Å². The lowest BCUT2D eigenvalue weighted by molar-refractivity contribution is 0.0827. The predicted molar refractivity (Wildman–Crippen MR) is 110 cm³/mol. The van der Waals surface area contributed by atoms with Crippen LogP contribution < -0.4 is 4.90 Å². The van der Waals surface area contributed by atoms with E-state index in [2.05, 4.69) is 23.8 Å². The van der Waals surface area contributed by atoms with Gasteiger partial charge in [-0.1, -0.05) is 36.9 Å². The second-order valence-corrected chi connectivity index (χ2v) is 6.88. The van der Waals surface area contributed by atoms with Gasteiger partial charge in [-0.3, -0.25) is 9.48 Å². The second kappa shape index (κ2) is 8.08. The van der Waals surface area contributed by atoms with Crippen molar-refractivity contribution in [1.82, 2.24) is 14.7 Å². The SMILES string of the molecule is C=C/C=C(\C=C/C)Cn1cc2c(n1)CN(c1cccc(C(=O)N(C)C)c1)C2. The molecule has 0 spiro atoms. The van der Waals surface area contributed by atoms with E-state index in [0.29, 0.717) is 5.56 Å². The monoisotopic (exact) mass is 362 g/mol. The Morgan fingerprint density at radius 2 is 2.15 bits per heavy atom. The molecule has 0 bridgehead atoms. The van der Waals surface area contributed by atoms with Crippen LogP contribution in [-0.4, -0.2) is 34.7 Å². The number of rotatable bonds is 6. The predicted octanol–water partition coefficient (Wildman–Crippen LogP) is 3.79. The molecule has 0 fully saturated rings. The highest BCUT2D eigenvalue weighted by atomic mass is 16.2. The van der Waals surface area contributed by atoms with E-state index in [4.69, 9.17) is 5.10 Å². The molecule has 27 heavy (non-hydrogen) atoms. The van der Waals surface area contributed by atoms with Gasteiger partial charge in [0, 0.05) is 43.7 Å². The molecule has 3 rings (SSSR count). The zero-order valence-electron chi connectivity index (χ0n) is 16.2. The molecule has 0 saturated heterocycles. The summed E-state index contributed by atoms with van der Waals surface area (Å²) in [6.07, 6.45) is 10.0. The number of nitrogens with zero attached hydrogens (tertiary/aromatic N) is 4. The highest BCUT2D eigenvalue weighted by Gasteiger charge is 2.23. The summed E-state index contributed by atoms with van der Waals surface area (Å²) >= 11 is 0. The molecule has 2 heterocycles. The maximum Gasteiger partial charge on any atom is 0.253 e. The Morgan fingerprint density at radius 1 is 1.33 bits per heavy atom. The summed E-state index contributed by atoms with van der Waals surface area (Å²) in [5.74, 6) is 0.0180. The third kappa shape index (κ3) is 4.19. The zero-order chi connectivity index (χ0) is 19.4. The summed E-state index contributed by atoms with van der Waals surface area (Å²) in [6, 6.07) is 7.80. The van der Waals surface area contributed by atoms with Crippen LogP contribution in [0.5, 0.6) is 0 Å². The summed E-state index contributed by atoms with van der Waals surface area (Å²) in [4.78, 5) is 16.1. The third-order valence-corrected chi connectivity index (χ3v) is 4.55. The Bertz CT molecular complexity index is 881.